The van der Waals surface area contributed by atoms with Gasteiger partial charge in [0.15, 0.2) is 17.6 Å². The van der Waals surface area contributed by atoms with E-state index in [0.717, 1.165) is 7.11 Å². The van der Waals surface area contributed by atoms with E-state index in [1.165, 1.54) is 45.6 Å². The average molecular weight is 466 g/mol. The van der Waals surface area contributed by atoms with Gasteiger partial charge in [-0.2, -0.15) is 0 Å². The van der Waals surface area contributed by atoms with Crippen molar-refractivity contribution >= 4 is 33.3 Å². The minimum absolute atomic E-state index is 0.0699. The van der Waals surface area contributed by atoms with E-state index >= 15 is 0 Å². The number of hydrogen-bond acceptors (Lipinski definition) is 9. The maximum absolute atomic E-state index is 13.2. The molecule has 11 nitrogen and oxygen atoms in total. The number of fused-ring (bicyclic) bond motifs is 1. The van der Waals surface area contributed by atoms with Gasteiger partial charge in [0.2, 0.25) is 5.75 Å². The minimum atomic E-state index is -4.26. The molecule has 172 valence electrons. The Balaban J connectivity index is 2.12. The zero-order valence-corrected chi connectivity index (χ0v) is 18.8. The van der Waals surface area contributed by atoms with Crippen molar-refractivity contribution in [2.75, 3.05) is 38.5 Å². The molecule has 0 aliphatic carbocycles. The van der Waals surface area contributed by atoms with Crippen LogP contribution in [0.3, 0.4) is 0 Å². The third-order valence-corrected chi connectivity index (χ3v) is 6.01. The molecule has 0 unspecified atom stereocenters. The summed E-state index contributed by atoms with van der Waals surface area (Å²) in [6, 6.07) is 5.24. The van der Waals surface area contributed by atoms with E-state index < -0.39 is 28.0 Å². The first kappa shape index (κ1) is 23.0. The second-order valence-corrected chi connectivity index (χ2v) is 8.25. The first-order chi connectivity index (χ1) is 15.2. The van der Waals surface area contributed by atoms with E-state index in [9.17, 15) is 18.0 Å². The molecular weight excluding hydrogens is 444 g/mol. The Kier molecular flexibility index (Phi) is 6.35. The van der Waals surface area contributed by atoms with E-state index in [1.807, 2.05) is 0 Å². The van der Waals surface area contributed by atoms with Crippen molar-refractivity contribution in [2.24, 2.45) is 0 Å². The van der Waals surface area contributed by atoms with Crippen molar-refractivity contribution in [2.45, 2.75) is 17.9 Å². The number of carbonyl (C=O) groups is 2. The zero-order valence-electron chi connectivity index (χ0n) is 18.0. The van der Waals surface area contributed by atoms with E-state index in [4.69, 9.17) is 23.7 Å². The fourth-order valence-corrected chi connectivity index (χ4v) is 4.19. The fraction of sp³-hybridized carbons (Fsp3) is 0.300. The summed E-state index contributed by atoms with van der Waals surface area (Å²) in [5.74, 6) is -0.790. The van der Waals surface area contributed by atoms with E-state index in [0.29, 0.717) is 5.75 Å². The summed E-state index contributed by atoms with van der Waals surface area (Å²) in [6.07, 6.45) is -0.707. The number of sulfonamides is 1. The van der Waals surface area contributed by atoms with Crippen LogP contribution in [0.15, 0.2) is 29.2 Å². The highest BCUT2D eigenvalue weighted by Gasteiger charge is 2.30. The molecule has 0 bridgehead atoms. The fourth-order valence-electron chi connectivity index (χ4n) is 3.08. The van der Waals surface area contributed by atoms with Gasteiger partial charge < -0.3 is 29.0 Å². The smallest absolute Gasteiger partial charge is 0.340 e. The van der Waals surface area contributed by atoms with Crippen LogP contribution in [-0.4, -0.2) is 54.8 Å². The molecule has 2 aromatic rings. The summed E-state index contributed by atoms with van der Waals surface area (Å²) >= 11 is 0. The van der Waals surface area contributed by atoms with E-state index in [1.54, 1.807) is 6.92 Å². The molecule has 0 aromatic heterocycles. The second-order valence-electron chi connectivity index (χ2n) is 6.57. The van der Waals surface area contributed by atoms with Gasteiger partial charge in [-0.05, 0) is 25.1 Å². The SMILES string of the molecule is COC(=O)c1cc(OC)c(OC)c(OC)c1NS(=O)(=O)c1ccc2c(c1)NC(=O)[C@@H](C)O2. The van der Waals surface area contributed by atoms with Gasteiger partial charge in [-0.1, -0.05) is 0 Å². The summed E-state index contributed by atoms with van der Waals surface area (Å²) in [6.45, 7) is 1.57. The summed E-state index contributed by atoms with van der Waals surface area (Å²) < 4.78 is 54.8. The van der Waals surface area contributed by atoms with Crippen LogP contribution in [-0.2, 0) is 19.6 Å². The number of anilines is 2. The van der Waals surface area contributed by atoms with Crippen molar-refractivity contribution < 1.29 is 41.7 Å². The molecule has 2 aromatic carbocycles. The maximum Gasteiger partial charge on any atom is 0.340 e. The molecule has 32 heavy (non-hydrogen) atoms. The van der Waals surface area contributed by atoms with Crippen molar-refractivity contribution in [1.82, 2.24) is 0 Å². The predicted molar refractivity (Wildman–Crippen MR) is 113 cm³/mol. The molecule has 1 aliphatic rings. The number of methoxy groups -OCH3 is 4. The normalized spacial score (nSPS) is 15.0. The number of hydrogen-bond donors (Lipinski definition) is 2. The summed E-state index contributed by atoms with van der Waals surface area (Å²) in [4.78, 5) is 24.1. The Hall–Kier alpha value is -3.67. The van der Waals surface area contributed by atoms with Crippen molar-refractivity contribution in [1.29, 1.82) is 0 Å². The third kappa shape index (κ3) is 4.08. The van der Waals surface area contributed by atoms with Crippen molar-refractivity contribution in [3.05, 3.63) is 29.8 Å². The number of amides is 1. The van der Waals surface area contributed by atoms with Crippen LogP contribution in [0.25, 0.3) is 0 Å². The Morgan fingerprint density at radius 2 is 1.75 bits per heavy atom. The molecule has 1 amide bonds. The van der Waals surface area contributed by atoms with Crippen LogP contribution >= 0.6 is 0 Å². The van der Waals surface area contributed by atoms with Gasteiger partial charge >= 0.3 is 5.97 Å². The van der Waals surface area contributed by atoms with Crippen molar-refractivity contribution in [3.8, 4) is 23.0 Å². The molecule has 12 heteroatoms. The quantitative estimate of drug-likeness (QED) is 0.587. The summed E-state index contributed by atoms with van der Waals surface area (Å²) in [7, 11) is 0.861. The Bertz CT molecular complexity index is 1180. The van der Waals surface area contributed by atoms with Gasteiger partial charge in [0.1, 0.15) is 11.4 Å². The Morgan fingerprint density at radius 1 is 1.06 bits per heavy atom. The van der Waals surface area contributed by atoms with Crippen LogP contribution in [0.2, 0.25) is 0 Å². The molecule has 1 atom stereocenters. The number of benzene rings is 2. The monoisotopic (exact) mass is 466 g/mol. The van der Waals surface area contributed by atoms with Crippen molar-refractivity contribution in [3.63, 3.8) is 0 Å². The predicted octanol–water partition coefficient (Wildman–Crippen LogP) is 2.02. The number of nitrogens with one attached hydrogen (secondary N) is 2. The Labute approximate surface area is 184 Å². The average Bonchev–Trinajstić information content (AvgIpc) is 2.78. The van der Waals surface area contributed by atoms with Gasteiger partial charge in [0.25, 0.3) is 15.9 Å². The number of esters is 1. The van der Waals surface area contributed by atoms with Crippen LogP contribution in [0.4, 0.5) is 11.4 Å². The number of carbonyl (C=O) groups excluding carboxylic acids is 2. The molecule has 0 fully saturated rings. The molecule has 0 radical (unpaired) electrons. The second kappa shape index (κ2) is 8.83. The molecule has 1 aliphatic heterocycles. The van der Waals surface area contributed by atoms with Gasteiger partial charge in [0.05, 0.1) is 44.6 Å². The highest BCUT2D eigenvalue weighted by molar-refractivity contribution is 7.92. The molecule has 2 N–H and O–H groups in total. The standard InChI is InChI=1S/C20H22N2O9S/c1-10-19(23)21-13-8-11(6-7-14(13)31-10)32(25,26)22-16-12(20(24)30-5)9-15(27-2)17(28-3)18(16)29-4/h6-10,22H,1-5H3,(H,21,23)/t10-/m1/s1. The van der Waals surface area contributed by atoms with E-state index in [-0.39, 0.29) is 39.1 Å². The largest absolute Gasteiger partial charge is 0.493 e. The molecule has 0 saturated heterocycles. The molecule has 0 saturated carbocycles. The lowest BCUT2D eigenvalue weighted by Crippen LogP contribution is -2.34. The number of ether oxygens (including phenoxy) is 5. The first-order valence-electron chi connectivity index (χ1n) is 9.22. The van der Waals surface area contributed by atoms with Crippen LogP contribution in [0.1, 0.15) is 17.3 Å². The zero-order chi connectivity index (χ0) is 23.6. The summed E-state index contributed by atoms with van der Waals surface area (Å²) in [5, 5.41) is 2.59. The molecule has 3 rings (SSSR count). The third-order valence-electron chi connectivity index (χ3n) is 4.66. The molecule has 0 spiro atoms. The lowest BCUT2D eigenvalue weighted by molar-refractivity contribution is -0.122. The van der Waals surface area contributed by atoms with Gasteiger partial charge in [0, 0.05) is 6.07 Å². The molecular formula is C20H22N2O9S. The van der Waals surface area contributed by atoms with Gasteiger partial charge in [-0.15, -0.1) is 0 Å². The van der Waals surface area contributed by atoms with Gasteiger partial charge in [-0.25, -0.2) is 13.2 Å². The lowest BCUT2D eigenvalue weighted by Gasteiger charge is -2.24. The lowest BCUT2D eigenvalue weighted by atomic mass is 10.1. The minimum Gasteiger partial charge on any atom is -0.493 e. The van der Waals surface area contributed by atoms with Crippen LogP contribution < -0.4 is 29.0 Å². The Morgan fingerprint density at radius 3 is 2.34 bits per heavy atom. The first-order valence-corrected chi connectivity index (χ1v) is 10.7. The summed E-state index contributed by atoms with van der Waals surface area (Å²) in [5.41, 5.74) is -0.166. The number of rotatable bonds is 7. The van der Waals surface area contributed by atoms with Crippen LogP contribution in [0.5, 0.6) is 23.0 Å². The highest BCUT2D eigenvalue weighted by atomic mass is 32.2. The topological polar surface area (TPSA) is 138 Å². The van der Waals surface area contributed by atoms with Crippen LogP contribution in [0, 0.1) is 0 Å². The highest BCUT2D eigenvalue weighted by Crippen LogP contribution is 2.46. The van der Waals surface area contributed by atoms with E-state index in [2.05, 4.69) is 10.0 Å². The maximum atomic E-state index is 13.2. The molecule has 1 heterocycles. The van der Waals surface area contributed by atoms with Gasteiger partial charge in [-0.3, -0.25) is 9.52 Å².